The van der Waals surface area contributed by atoms with Crippen LogP contribution in [0.3, 0.4) is 0 Å². The molecule has 1 N–H and O–H groups in total. The highest BCUT2D eigenvalue weighted by Crippen LogP contribution is 2.19. The number of allylic oxidation sites excluding steroid dienone is 10. The van der Waals surface area contributed by atoms with Crippen molar-refractivity contribution in [2.75, 3.05) is 47.5 Å². The second-order valence-corrected chi connectivity index (χ2v) is 26.6. The lowest BCUT2D eigenvalue weighted by molar-refractivity contribution is -0.870. The molecule has 0 aromatic heterocycles. The normalized spacial score (nSPS) is 13.0. The molecule has 0 radical (unpaired) electrons. The molecule has 0 amide bonds. The lowest BCUT2D eigenvalue weighted by atomic mass is 10.0. The molecular weight excluding hydrogens is 1080 g/mol. The molecule has 0 fully saturated rings. The van der Waals surface area contributed by atoms with Crippen LogP contribution in [0.4, 0.5) is 0 Å². The van der Waals surface area contributed by atoms with Crippen LogP contribution in [0.5, 0.6) is 0 Å². The minimum Gasteiger partial charge on any atom is -0.477 e. The maximum absolute atomic E-state index is 12.9. The molecular formula is C78H144NO8+. The molecule has 0 spiro atoms. The van der Waals surface area contributed by atoms with Gasteiger partial charge in [0.1, 0.15) is 13.2 Å². The Morgan fingerprint density at radius 1 is 0.356 bits per heavy atom. The predicted octanol–water partition coefficient (Wildman–Crippen LogP) is 23.5. The minimum atomic E-state index is -1.52. The number of rotatable bonds is 70. The summed E-state index contributed by atoms with van der Waals surface area (Å²) in [5.41, 5.74) is 0. The van der Waals surface area contributed by atoms with Crippen molar-refractivity contribution >= 4 is 17.9 Å². The van der Waals surface area contributed by atoms with Crippen molar-refractivity contribution in [3.8, 4) is 0 Å². The van der Waals surface area contributed by atoms with Crippen LogP contribution >= 0.6 is 0 Å². The van der Waals surface area contributed by atoms with Crippen LogP contribution in [0.1, 0.15) is 361 Å². The number of carbonyl (C=O) groups excluding carboxylic acids is 2. The molecule has 9 nitrogen and oxygen atoms in total. The maximum Gasteiger partial charge on any atom is 0.361 e. The highest BCUT2D eigenvalue weighted by atomic mass is 16.7. The molecule has 0 aliphatic carbocycles. The molecule has 0 aromatic carbocycles. The van der Waals surface area contributed by atoms with Crippen LogP contribution in [0.2, 0.25) is 0 Å². The summed E-state index contributed by atoms with van der Waals surface area (Å²) in [6, 6.07) is 0. The fraction of sp³-hybridized carbons (Fsp3) is 0.833. The third-order valence-electron chi connectivity index (χ3n) is 16.8. The Morgan fingerprint density at radius 2 is 0.655 bits per heavy atom. The number of likely N-dealkylation sites (N-methyl/N-ethyl adjacent to an activating group) is 1. The zero-order chi connectivity index (χ0) is 63.3. The summed E-state index contributed by atoms with van der Waals surface area (Å²) in [5.74, 6) is -2.00. The fourth-order valence-corrected chi connectivity index (χ4v) is 11.1. The number of carboxylic acids is 1. The first-order valence-electron chi connectivity index (χ1n) is 37.5. The van der Waals surface area contributed by atoms with Crippen LogP contribution in [-0.4, -0.2) is 87.4 Å². The van der Waals surface area contributed by atoms with Gasteiger partial charge in [-0.2, -0.15) is 0 Å². The summed E-state index contributed by atoms with van der Waals surface area (Å²) in [5, 5.41) is 9.75. The Hall–Kier alpha value is -3.01. The third-order valence-corrected chi connectivity index (χ3v) is 16.8. The first-order valence-corrected chi connectivity index (χ1v) is 37.5. The average molecular weight is 1220 g/mol. The van der Waals surface area contributed by atoms with Crippen LogP contribution in [0.25, 0.3) is 0 Å². The largest absolute Gasteiger partial charge is 0.477 e. The van der Waals surface area contributed by atoms with E-state index < -0.39 is 24.3 Å². The van der Waals surface area contributed by atoms with Gasteiger partial charge < -0.3 is 28.5 Å². The molecule has 2 unspecified atom stereocenters. The zero-order valence-electron chi connectivity index (χ0n) is 58.2. The molecule has 87 heavy (non-hydrogen) atoms. The van der Waals surface area contributed by atoms with Gasteiger partial charge in [0.05, 0.1) is 34.4 Å². The molecule has 508 valence electrons. The smallest absolute Gasteiger partial charge is 0.361 e. The Labute approximate surface area is 539 Å². The van der Waals surface area contributed by atoms with Gasteiger partial charge in [0.15, 0.2) is 6.10 Å². The third kappa shape index (κ3) is 70.3. The van der Waals surface area contributed by atoms with Gasteiger partial charge in [0.2, 0.25) is 0 Å². The van der Waals surface area contributed by atoms with Gasteiger partial charge in [-0.25, -0.2) is 4.79 Å². The van der Waals surface area contributed by atoms with Gasteiger partial charge in [0.25, 0.3) is 6.29 Å². The summed E-state index contributed by atoms with van der Waals surface area (Å²) in [4.78, 5) is 37.6. The number of hydrogen-bond acceptors (Lipinski definition) is 7. The van der Waals surface area contributed by atoms with Gasteiger partial charge in [-0.1, -0.05) is 351 Å². The SMILES string of the molecule is CC/C=C\C/C=C\C/C=C\C/C=C\C/C=C\CCCCCCCCCC(=O)OC(COC(=O)CCCCCCCCCCCCCCCCCCCCCCCCCCCCCCCCCCCCCCCCC)COC(OCC[N+](C)(C)C)C(=O)O. The molecule has 0 saturated heterocycles. The van der Waals surface area contributed by atoms with E-state index in [0.717, 1.165) is 77.0 Å². The van der Waals surface area contributed by atoms with E-state index in [1.165, 1.54) is 250 Å². The highest BCUT2D eigenvalue weighted by Gasteiger charge is 2.25. The maximum atomic E-state index is 12.9. The molecule has 2 atom stereocenters. The van der Waals surface area contributed by atoms with Crippen molar-refractivity contribution in [2.45, 2.75) is 373 Å². The number of nitrogens with zero attached hydrogens (tertiary/aromatic N) is 1. The molecule has 0 aromatic rings. The van der Waals surface area contributed by atoms with E-state index in [1.807, 2.05) is 21.1 Å². The second-order valence-electron chi connectivity index (χ2n) is 26.6. The molecule has 0 aliphatic heterocycles. The standard InChI is InChI=1S/C78H143NO8/c1-6-8-10-12-14-16-18-20-22-24-26-28-30-31-32-33-34-35-36-37-38-39-40-41-42-43-44-45-47-48-50-52-54-56-58-60-62-64-66-68-75(80)85-72-74(73-86-78(77(82)83)84-71-70-79(3,4)5)87-76(81)69-67-65-63-61-59-57-55-53-51-49-46-29-27-25-23-21-19-17-15-13-11-9-7-2/h9,11,15,17,21,23,27,29,49,51,74,78H,6-8,10,12-14,16,18-20,22,24-26,28,30-48,50,52-73H2,1-5H3/p+1/b11-9-,17-15-,23-21-,29-27-,51-49-. The molecule has 0 aliphatic rings. The molecule has 0 heterocycles. The highest BCUT2D eigenvalue weighted by molar-refractivity contribution is 5.71. The van der Waals surface area contributed by atoms with E-state index in [0.29, 0.717) is 23.9 Å². The lowest BCUT2D eigenvalue weighted by Crippen LogP contribution is -2.40. The Kier molecular flexibility index (Phi) is 66.5. The van der Waals surface area contributed by atoms with Crippen molar-refractivity contribution in [1.82, 2.24) is 0 Å². The second kappa shape index (κ2) is 68.9. The number of hydrogen-bond donors (Lipinski definition) is 1. The van der Waals surface area contributed by atoms with Crippen LogP contribution in [-0.2, 0) is 33.3 Å². The first kappa shape index (κ1) is 84.0. The molecule has 0 saturated carbocycles. The summed E-state index contributed by atoms with van der Waals surface area (Å²) in [6.07, 6.45) is 88.0. The van der Waals surface area contributed by atoms with Crippen molar-refractivity contribution in [1.29, 1.82) is 0 Å². The van der Waals surface area contributed by atoms with Crippen LogP contribution < -0.4 is 0 Å². The Bertz CT molecular complexity index is 1610. The number of carbonyl (C=O) groups is 3. The van der Waals surface area contributed by atoms with Crippen LogP contribution in [0.15, 0.2) is 60.8 Å². The van der Waals surface area contributed by atoms with E-state index in [9.17, 15) is 19.5 Å². The van der Waals surface area contributed by atoms with Gasteiger partial charge in [-0.3, -0.25) is 9.59 Å². The van der Waals surface area contributed by atoms with E-state index in [2.05, 4.69) is 74.6 Å². The van der Waals surface area contributed by atoms with Gasteiger partial charge in [0, 0.05) is 12.8 Å². The van der Waals surface area contributed by atoms with E-state index >= 15 is 0 Å². The summed E-state index contributed by atoms with van der Waals surface area (Å²) < 4.78 is 23.0. The summed E-state index contributed by atoms with van der Waals surface area (Å²) in [6.45, 7) is 4.80. The monoisotopic (exact) mass is 1220 g/mol. The van der Waals surface area contributed by atoms with Crippen LogP contribution in [0, 0.1) is 0 Å². The lowest BCUT2D eigenvalue weighted by Gasteiger charge is -2.25. The molecule has 0 bridgehead atoms. The number of unbranched alkanes of at least 4 members (excludes halogenated alkanes) is 45. The average Bonchev–Trinajstić information content (AvgIpc) is 3.50. The quantitative estimate of drug-likeness (QED) is 0.0211. The number of aliphatic carboxylic acids is 1. The molecule has 9 heteroatoms. The van der Waals surface area contributed by atoms with Crippen molar-refractivity contribution < 1.29 is 42.9 Å². The number of carboxylic acid groups (broad SMARTS) is 1. The Balaban J connectivity index is 3.97. The van der Waals surface area contributed by atoms with Crippen molar-refractivity contribution in [3.63, 3.8) is 0 Å². The number of esters is 2. The topological polar surface area (TPSA) is 108 Å². The van der Waals surface area contributed by atoms with Crippen molar-refractivity contribution in [2.24, 2.45) is 0 Å². The van der Waals surface area contributed by atoms with Crippen molar-refractivity contribution in [3.05, 3.63) is 60.8 Å². The number of ether oxygens (including phenoxy) is 4. The zero-order valence-corrected chi connectivity index (χ0v) is 58.2. The van der Waals surface area contributed by atoms with E-state index in [1.54, 1.807) is 0 Å². The minimum absolute atomic E-state index is 0.185. The fourth-order valence-electron chi connectivity index (χ4n) is 11.1. The first-order chi connectivity index (χ1) is 42.6. The summed E-state index contributed by atoms with van der Waals surface area (Å²) >= 11 is 0. The van der Waals surface area contributed by atoms with Gasteiger partial charge >= 0.3 is 17.9 Å². The summed E-state index contributed by atoms with van der Waals surface area (Å²) in [7, 11) is 5.98. The number of quaternary nitrogens is 1. The molecule has 0 rings (SSSR count). The predicted molar refractivity (Wildman–Crippen MR) is 373 cm³/mol. The van der Waals surface area contributed by atoms with E-state index in [-0.39, 0.29) is 32.2 Å². The van der Waals surface area contributed by atoms with Gasteiger partial charge in [-0.05, 0) is 57.8 Å². The van der Waals surface area contributed by atoms with Gasteiger partial charge in [-0.15, -0.1) is 0 Å². The van der Waals surface area contributed by atoms with E-state index in [4.69, 9.17) is 18.9 Å². The Morgan fingerprint density at radius 3 is 0.977 bits per heavy atom.